The van der Waals surface area contributed by atoms with Crippen LogP contribution in [0.1, 0.15) is 21.5 Å². The van der Waals surface area contributed by atoms with Crippen LogP contribution in [0.25, 0.3) is 0 Å². The highest BCUT2D eigenvalue weighted by molar-refractivity contribution is 5.92. The quantitative estimate of drug-likeness (QED) is 0.850. The van der Waals surface area contributed by atoms with Crippen LogP contribution in [-0.2, 0) is 9.47 Å². The number of carbonyl (C=O) groups is 2. The number of aryl methyl sites for hydroxylation is 2. The number of para-hydroxylation sites is 1. The Balaban J connectivity index is 1.57. The Morgan fingerprint density at radius 3 is 2.46 bits per heavy atom. The topological polar surface area (TPSA) is 67.9 Å². The van der Waals surface area contributed by atoms with Crippen molar-refractivity contribution >= 4 is 17.7 Å². The third kappa shape index (κ3) is 4.03. The summed E-state index contributed by atoms with van der Waals surface area (Å²) in [5, 5.41) is 2.89. The van der Waals surface area contributed by atoms with Crippen LogP contribution in [0.5, 0.6) is 0 Å². The van der Waals surface area contributed by atoms with E-state index in [1.165, 1.54) is 4.90 Å². The zero-order valence-electron chi connectivity index (χ0n) is 14.7. The largest absolute Gasteiger partial charge is 0.472 e. The number of rotatable bonds is 4. The van der Waals surface area contributed by atoms with Crippen molar-refractivity contribution in [1.29, 1.82) is 0 Å². The van der Waals surface area contributed by atoms with Gasteiger partial charge in [0.2, 0.25) is 0 Å². The summed E-state index contributed by atoms with van der Waals surface area (Å²) in [7, 11) is 0. The van der Waals surface area contributed by atoms with Crippen molar-refractivity contribution < 1.29 is 19.1 Å². The molecule has 6 heteroatoms. The minimum atomic E-state index is -0.437. The second-order valence-corrected chi connectivity index (χ2v) is 5.98. The lowest BCUT2D eigenvalue weighted by atomic mass is 10.1. The van der Waals surface area contributed by atoms with Gasteiger partial charge < -0.3 is 14.8 Å². The molecule has 0 radical (unpaired) electrons. The molecule has 26 heavy (non-hydrogen) atoms. The van der Waals surface area contributed by atoms with Crippen molar-refractivity contribution in [2.45, 2.75) is 13.8 Å². The van der Waals surface area contributed by atoms with E-state index in [9.17, 15) is 9.59 Å². The molecule has 1 aliphatic rings. The van der Waals surface area contributed by atoms with Gasteiger partial charge in [-0.25, -0.2) is 9.59 Å². The molecule has 0 bridgehead atoms. The smallest absolute Gasteiger partial charge is 0.338 e. The fraction of sp³-hybridized carbons (Fsp3) is 0.200. The van der Waals surface area contributed by atoms with Crippen LogP contribution in [-0.4, -0.2) is 30.2 Å². The SMILES string of the molecule is Cc1cccc(C)c1NC(=O)N1C=C(COC(=O)c2ccccc2)OC1. The first-order valence-corrected chi connectivity index (χ1v) is 8.24. The van der Waals surface area contributed by atoms with Gasteiger partial charge in [-0.15, -0.1) is 0 Å². The number of hydrogen-bond donors (Lipinski definition) is 1. The number of nitrogens with one attached hydrogen (secondary N) is 1. The first-order chi connectivity index (χ1) is 12.5. The van der Waals surface area contributed by atoms with Crippen LogP contribution >= 0.6 is 0 Å². The van der Waals surface area contributed by atoms with Crippen molar-refractivity contribution in [1.82, 2.24) is 4.90 Å². The maximum absolute atomic E-state index is 12.4. The summed E-state index contributed by atoms with van der Waals surface area (Å²) in [5.74, 6) is -0.0144. The molecule has 0 fully saturated rings. The molecule has 0 saturated carbocycles. The molecule has 0 spiro atoms. The fourth-order valence-corrected chi connectivity index (χ4v) is 2.58. The molecule has 1 heterocycles. The van der Waals surface area contributed by atoms with Gasteiger partial charge in [0, 0.05) is 5.69 Å². The maximum Gasteiger partial charge on any atom is 0.338 e. The van der Waals surface area contributed by atoms with Gasteiger partial charge >= 0.3 is 12.0 Å². The van der Waals surface area contributed by atoms with E-state index < -0.39 is 5.97 Å². The monoisotopic (exact) mass is 352 g/mol. The summed E-state index contributed by atoms with van der Waals surface area (Å²) in [6.07, 6.45) is 1.54. The number of nitrogens with zero attached hydrogens (tertiary/aromatic N) is 1. The van der Waals surface area contributed by atoms with Gasteiger partial charge in [-0.2, -0.15) is 0 Å². The van der Waals surface area contributed by atoms with Crippen LogP contribution < -0.4 is 5.32 Å². The lowest BCUT2D eigenvalue weighted by molar-refractivity contribution is 0.0465. The van der Waals surface area contributed by atoms with E-state index >= 15 is 0 Å². The molecule has 0 aromatic heterocycles. The van der Waals surface area contributed by atoms with Crippen LogP contribution in [0.2, 0.25) is 0 Å². The number of hydrogen-bond acceptors (Lipinski definition) is 4. The summed E-state index contributed by atoms with van der Waals surface area (Å²) in [4.78, 5) is 25.7. The zero-order valence-corrected chi connectivity index (χ0v) is 14.7. The highest BCUT2D eigenvalue weighted by Crippen LogP contribution is 2.21. The van der Waals surface area contributed by atoms with Gasteiger partial charge in [0.1, 0.15) is 0 Å². The van der Waals surface area contributed by atoms with Gasteiger partial charge in [0.15, 0.2) is 19.1 Å². The third-order valence-electron chi connectivity index (χ3n) is 4.02. The van der Waals surface area contributed by atoms with E-state index in [0.29, 0.717) is 11.3 Å². The summed E-state index contributed by atoms with van der Waals surface area (Å²) < 4.78 is 10.6. The molecule has 1 N–H and O–H groups in total. The Morgan fingerprint density at radius 1 is 1.08 bits per heavy atom. The Labute approximate surface area is 152 Å². The molecule has 0 aliphatic carbocycles. The lowest BCUT2D eigenvalue weighted by Gasteiger charge is -2.16. The molecule has 6 nitrogen and oxygen atoms in total. The first-order valence-electron chi connectivity index (χ1n) is 8.24. The number of urea groups is 1. The number of amides is 2. The third-order valence-corrected chi connectivity index (χ3v) is 4.02. The highest BCUT2D eigenvalue weighted by atomic mass is 16.6. The molecule has 3 rings (SSSR count). The summed E-state index contributed by atoms with van der Waals surface area (Å²) in [6, 6.07) is 14.2. The average molecular weight is 352 g/mol. The zero-order chi connectivity index (χ0) is 18.5. The molecule has 2 amide bonds. The number of ether oxygens (including phenoxy) is 2. The maximum atomic E-state index is 12.4. The molecule has 0 saturated heterocycles. The molecule has 134 valence electrons. The Hall–Kier alpha value is -3.28. The van der Waals surface area contributed by atoms with E-state index in [1.54, 1.807) is 30.5 Å². The van der Waals surface area contributed by atoms with E-state index in [0.717, 1.165) is 16.8 Å². The predicted molar refractivity (Wildman–Crippen MR) is 97.5 cm³/mol. The van der Waals surface area contributed by atoms with Crippen molar-refractivity contribution in [2.75, 3.05) is 18.7 Å². The molecular weight excluding hydrogens is 332 g/mol. The Bertz CT molecular complexity index is 826. The molecule has 0 unspecified atom stereocenters. The van der Waals surface area contributed by atoms with Gasteiger partial charge in [0.25, 0.3) is 0 Å². The second kappa shape index (κ2) is 7.74. The van der Waals surface area contributed by atoms with E-state index in [2.05, 4.69) is 5.32 Å². The van der Waals surface area contributed by atoms with E-state index in [1.807, 2.05) is 38.1 Å². The average Bonchev–Trinajstić information content (AvgIpc) is 3.12. The first kappa shape index (κ1) is 17.5. The van der Waals surface area contributed by atoms with Gasteiger partial charge in [-0.05, 0) is 37.1 Å². The van der Waals surface area contributed by atoms with Gasteiger partial charge in [-0.1, -0.05) is 36.4 Å². The summed E-state index contributed by atoms with van der Waals surface area (Å²) in [6.45, 7) is 3.93. The highest BCUT2D eigenvalue weighted by Gasteiger charge is 2.22. The number of anilines is 1. The second-order valence-electron chi connectivity index (χ2n) is 5.98. The van der Waals surface area contributed by atoms with Gasteiger partial charge in [-0.3, -0.25) is 4.90 Å². The minimum absolute atomic E-state index is 0.0269. The van der Waals surface area contributed by atoms with Crippen LogP contribution in [0.4, 0.5) is 10.5 Å². The Morgan fingerprint density at radius 2 is 1.77 bits per heavy atom. The summed E-state index contributed by atoms with van der Waals surface area (Å²) in [5.41, 5.74) is 3.23. The van der Waals surface area contributed by atoms with Crippen molar-refractivity contribution in [3.05, 3.63) is 77.2 Å². The number of benzene rings is 2. The number of carbonyl (C=O) groups excluding carboxylic acids is 2. The van der Waals surface area contributed by atoms with Gasteiger partial charge in [0.05, 0.1) is 11.8 Å². The molecular formula is C20H20N2O4. The van der Waals surface area contributed by atoms with Crippen molar-refractivity contribution in [3.63, 3.8) is 0 Å². The molecule has 2 aromatic rings. The molecule has 1 aliphatic heterocycles. The minimum Gasteiger partial charge on any atom is -0.472 e. The van der Waals surface area contributed by atoms with Crippen molar-refractivity contribution in [2.24, 2.45) is 0 Å². The fourth-order valence-electron chi connectivity index (χ4n) is 2.58. The standard InChI is InChI=1S/C20H20N2O4/c1-14-7-6-8-15(2)18(14)21-20(24)22-11-17(26-13-22)12-25-19(23)16-9-4-3-5-10-16/h3-11H,12-13H2,1-2H3,(H,21,24). The molecule has 2 aromatic carbocycles. The summed E-state index contributed by atoms with van der Waals surface area (Å²) >= 11 is 0. The van der Waals surface area contributed by atoms with Crippen LogP contribution in [0.3, 0.4) is 0 Å². The number of esters is 1. The molecule has 0 atom stereocenters. The van der Waals surface area contributed by atoms with Crippen molar-refractivity contribution in [3.8, 4) is 0 Å². The van der Waals surface area contributed by atoms with E-state index in [-0.39, 0.29) is 19.4 Å². The Kier molecular flexibility index (Phi) is 5.22. The van der Waals surface area contributed by atoms with E-state index in [4.69, 9.17) is 9.47 Å². The predicted octanol–water partition coefficient (Wildman–Crippen LogP) is 3.82. The van der Waals surface area contributed by atoms with Crippen LogP contribution in [0.15, 0.2) is 60.5 Å². The van der Waals surface area contributed by atoms with Crippen LogP contribution in [0, 0.1) is 13.8 Å². The normalized spacial score (nSPS) is 13.0. The lowest BCUT2D eigenvalue weighted by Crippen LogP contribution is -2.29.